The SMILES string of the molecule is Cc1c(N2CCC([C@H](C)NC(=O)O)C2)c(F)cn2c(=O)n(N)c(=O)c(C3CC3)c12. The third-order valence-corrected chi connectivity index (χ3v) is 6.12. The molecule has 156 valence electrons. The Morgan fingerprint density at radius 2 is 2.03 bits per heavy atom. The number of halogens is 1. The van der Waals surface area contributed by atoms with E-state index in [4.69, 9.17) is 10.9 Å². The Hall–Kier alpha value is -3.04. The second-order valence-corrected chi connectivity index (χ2v) is 8.05. The minimum Gasteiger partial charge on any atom is -0.465 e. The summed E-state index contributed by atoms with van der Waals surface area (Å²) in [5.74, 6) is 5.13. The van der Waals surface area contributed by atoms with Crippen LogP contribution in [0.3, 0.4) is 0 Å². The number of nitrogens with one attached hydrogen (secondary N) is 1. The Bertz CT molecular complexity index is 1120. The van der Waals surface area contributed by atoms with E-state index >= 15 is 4.39 Å². The average molecular weight is 405 g/mol. The first-order valence-electron chi connectivity index (χ1n) is 9.70. The Morgan fingerprint density at radius 3 is 2.66 bits per heavy atom. The maximum absolute atomic E-state index is 15.1. The Labute approximate surface area is 165 Å². The normalized spacial score (nSPS) is 20.2. The quantitative estimate of drug-likeness (QED) is 0.652. The number of hydrogen-bond donors (Lipinski definition) is 3. The van der Waals surface area contributed by atoms with Gasteiger partial charge in [0.1, 0.15) is 0 Å². The summed E-state index contributed by atoms with van der Waals surface area (Å²) in [5, 5.41) is 11.4. The molecule has 0 aromatic carbocycles. The lowest BCUT2D eigenvalue weighted by Crippen LogP contribution is -2.44. The molecule has 29 heavy (non-hydrogen) atoms. The molecular formula is C19H24FN5O4. The number of rotatable bonds is 4. The molecule has 4 N–H and O–H groups in total. The van der Waals surface area contributed by atoms with Crippen LogP contribution in [0.5, 0.6) is 0 Å². The highest BCUT2D eigenvalue weighted by Crippen LogP contribution is 2.42. The van der Waals surface area contributed by atoms with E-state index in [0.29, 0.717) is 46.5 Å². The number of aromatic nitrogens is 2. The summed E-state index contributed by atoms with van der Waals surface area (Å²) in [6, 6.07) is -0.268. The van der Waals surface area contributed by atoms with Crippen molar-refractivity contribution in [3.05, 3.63) is 44.0 Å². The van der Waals surface area contributed by atoms with Gasteiger partial charge in [0.2, 0.25) is 0 Å². The predicted octanol–water partition coefficient (Wildman–Crippen LogP) is 0.982. The number of pyridine rings is 1. The van der Waals surface area contributed by atoms with Crippen molar-refractivity contribution < 1.29 is 14.3 Å². The van der Waals surface area contributed by atoms with Gasteiger partial charge in [-0.2, -0.15) is 4.68 Å². The smallest absolute Gasteiger partial charge is 0.404 e. The van der Waals surface area contributed by atoms with E-state index in [1.54, 1.807) is 13.8 Å². The Kier molecular flexibility index (Phi) is 4.51. The highest BCUT2D eigenvalue weighted by Gasteiger charge is 2.34. The van der Waals surface area contributed by atoms with E-state index in [1.165, 1.54) is 0 Å². The average Bonchev–Trinajstić information content (AvgIpc) is 3.37. The number of nitrogens with two attached hydrogens (primary N) is 1. The molecule has 2 fully saturated rings. The number of carboxylic acid groups (broad SMARTS) is 1. The molecule has 3 heterocycles. The van der Waals surface area contributed by atoms with Crippen molar-refractivity contribution in [3.63, 3.8) is 0 Å². The molecule has 4 rings (SSSR count). The predicted molar refractivity (Wildman–Crippen MR) is 106 cm³/mol. The molecule has 2 aromatic heterocycles. The number of nitrogen functional groups attached to an aromatic ring is 1. The highest BCUT2D eigenvalue weighted by atomic mass is 19.1. The van der Waals surface area contributed by atoms with Crippen LogP contribution in [0.2, 0.25) is 0 Å². The summed E-state index contributed by atoms with van der Waals surface area (Å²) >= 11 is 0. The van der Waals surface area contributed by atoms with Crippen LogP contribution in [0.15, 0.2) is 15.8 Å². The maximum Gasteiger partial charge on any atom is 0.404 e. The van der Waals surface area contributed by atoms with Gasteiger partial charge in [-0.05, 0) is 44.9 Å². The molecule has 0 spiro atoms. The zero-order chi connectivity index (χ0) is 21.0. The molecule has 1 saturated carbocycles. The van der Waals surface area contributed by atoms with Crippen LogP contribution in [0.1, 0.15) is 43.2 Å². The minimum atomic E-state index is -1.09. The van der Waals surface area contributed by atoms with Crippen LogP contribution < -0.4 is 27.3 Å². The highest BCUT2D eigenvalue weighted by molar-refractivity contribution is 5.72. The summed E-state index contributed by atoms with van der Waals surface area (Å²) in [6.07, 6.45) is 2.38. The fourth-order valence-corrected chi connectivity index (χ4v) is 4.47. The molecule has 1 aliphatic carbocycles. The molecule has 2 aliphatic rings. The maximum atomic E-state index is 15.1. The van der Waals surface area contributed by atoms with E-state index in [-0.39, 0.29) is 17.9 Å². The van der Waals surface area contributed by atoms with Gasteiger partial charge in [0.05, 0.1) is 17.4 Å². The van der Waals surface area contributed by atoms with Crippen molar-refractivity contribution in [3.8, 4) is 0 Å². The molecule has 2 atom stereocenters. The van der Waals surface area contributed by atoms with Gasteiger partial charge in [-0.1, -0.05) is 0 Å². The van der Waals surface area contributed by atoms with Gasteiger partial charge in [0.25, 0.3) is 5.56 Å². The standard InChI is InChI=1S/C19H24FN5O4/c1-9-15(23-6-5-12(7-23)10(2)22-18(27)28)13(20)8-24-16(9)14(11-3-4-11)17(26)25(21)19(24)29/h8,10-12,22H,3-7,21H2,1-2H3,(H,27,28)/t10-,12?/m0/s1. The molecular weight excluding hydrogens is 381 g/mol. The van der Waals surface area contributed by atoms with Crippen LogP contribution >= 0.6 is 0 Å². The molecule has 0 radical (unpaired) electrons. The molecule has 2 aromatic rings. The van der Waals surface area contributed by atoms with E-state index < -0.39 is 23.2 Å². The van der Waals surface area contributed by atoms with Gasteiger partial charge in [0.15, 0.2) is 5.82 Å². The molecule has 9 nitrogen and oxygen atoms in total. The van der Waals surface area contributed by atoms with Crippen LogP contribution in [0.25, 0.3) is 5.52 Å². The van der Waals surface area contributed by atoms with Gasteiger partial charge in [-0.3, -0.25) is 9.20 Å². The summed E-state index contributed by atoms with van der Waals surface area (Å²) in [7, 11) is 0. The summed E-state index contributed by atoms with van der Waals surface area (Å²) in [5.41, 5.74) is 0.466. The first kappa shape index (κ1) is 19.3. The lowest BCUT2D eigenvalue weighted by molar-refractivity contribution is 0.186. The Morgan fingerprint density at radius 1 is 1.34 bits per heavy atom. The van der Waals surface area contributed by atoms with Crippen LogP contribution in [0.4, 0.5) is 14.9 Å². The van der Waals surface area contributed by atoms with Crippen molar-refractivity contribution in [2.24, 2.45) is 5.92 Å². The van der Waals surface area contributed by atoms with Crippen molar-refractivity contribution in [2.45, 2.75) is 45.1 Å². The summed E-state index contributed by atoms with van der Waals surface area (Å²) < 4.78 is 16.8. The van der Waals surface area contributed by atoms with Gasteiger partial charge in [-0.15, -0.1) is 0 Å². The third kappa shape index (κ3) is 3.12. The van der Waals surface area contributed by atoms with Crippen molar-refractivity contribution >= 4 is 17.3 Å². The number of aryl methyl sites for hydroxylation is 1. The largest absolute Gasteiger partial charge is 0.465 e. The van der Waals surface area contributed by atoms with Crippen LogP contribution in [-0.2, 0) is 0 Å². The fourth-order valence-electron chi connectivity index (χ4n) is 4.47. The molecule has 0 bridgehead atoms. The second kappa shape index (κ2) is 6.78. The van der Waals surface area contributed by atoms with Crippen molar-refractivity contribution in [2.75, 3.05) is 23.8 Å². The van der Waals surface area contributed by atoms with E-state index in [9.17, 15) is 14.4 Å². The number of amides is 1. The molecule has 1 amide bonds. The zero-order valence-corrected chi connectivity index (χ0v) is 16.3. The number of nitrogens with zero attached hydrogens (tertiary/aromatic N) is 3. The summed E-state index contributed by atoms with van der Waals surface area (Å²) in [6.45, 7) is 4.54. The van der Waals surface area contributed by atoms with Crippen molar-refractivity contribution in [1.82, 2.24) is 14.4 Å². The lowest BCUT2D eigenvalue weighted by atomic mass is 10.0. The Balaban J connectivity index is 1.82. The van der Waals surface area contributed by atoms with E-state index in [0.717, 1.165) is 23.4 Å². The summed E-state index contributed by atoms with van der Waals surface area (Å²) in [4.78, 5) is 37.9. The van der Waals surface area contributed by atoms with Gasteiger partial charge in [-0.25, -0.2) is 14.0 Å². The number of hydrogen-bond acceptors (Lipinski definition) is 5. The second-order valence-electron chi connectivity index (χ2n) is 8.05. The van der Waals surface area contributed by atoms with Crippen LogP contribution in [-0.4, -0.2) is 39.4 Å². The fraction of sp³-hybridized carbons (Fsp3) is 0.526. The van der Waals surface area contributed by atoms with E-state index in [1.807, 2.05) is 4.90 Å². The molecule has 1 aliphatic heterocycles. The zero-order valence-electron chi connectivity index (χ0n) is 16.3. The van der Waals surface area contributed by atoms with E-state index in [2.05, 4.69) is 5.32 Å². The van der Waals surface area contributed by atoms with Gasteiger partial charge >= 0.3 is 11.8 Å². The molecule has 1 unspecified atom stereocenters. The van der Waals surface area contributed by atoms with Crippen LogP contribution in [0, 0.1) is 18.7 Å². The lowest BCUT2D eigenvalue weighted by Gasteiger charge is -2.25. The third-order valence-electron chi connectivity index (χ3n) is 6.12. The topological polar surface area (TPSA) is 122 Å². The first-order valence-corrected chi connectivity index (χ1v) is 9.70. The minimum absolute atomic E-state index is 0.0241. The van der Waals surface area contributed by atoms with Crippen molar-refractivity contribution in [1.29, 1.82) is 0 Å². The van der Waals surface area contributed by atoms with Gasteiger partial charge in [0, 0.05) is 30.3 Å². The number of carbonyl (C=O) groups is 1. The monoisotopic (exact) mass is 405 g/mol. The van der Waals surface area contributed by atoms with Gasteiger partial charge < -0.3 is 21.2 Å². The molecule has 10 heteroatoms. The molecule has 1 saturated heterocycles. The number of anilines is 1. The number of fused-ring (bicyclic) bond motifs is 1. The first-order chi connectivity index (χ1) is 13.7.